The quantitative estimate of drug-likeness (QED) is 0.933. The summed E-state index contributed by atoms with van der Waals surface area (Å²) in [4.78, 5) is 12.0. The maximum Gasteiger partial charge on any atom is 0.255 e. The van der Waals surface area contributed by atoms with Crippen LogP contribution in [0.1, 0.15) is 15.9 Å². The fourth-order valence-electron chi connectivity index (χ4n) is 1.78. The maximum absolute atomic E-state index is 13.2. The molecule has 0 saturated carbocycles. The molecule has 2 rings (SSSR count). The molecule has 104 valence electrons. The predicted molar refractivity (Wildman–Crippen MR) is 70.5 cm³/mol. The summed E-state index contributed by atoms with van der Waals surface area (Å²) in [6.07, 6.45) is 0. The molecule has 0 aliphatic heterocycles. The molecule has 1 amide bonds. The number of halogens is 2. The lowest BCUT2D eigenvalue weighted by Crippen LogP contribution is -2.23. The molecule has 20 heavy (non-hydrogen) atoms. The average Bonchev–Trinajstić information content (AvgIpc) is 2.45. The molecule has 0 unspecified atom stereocenters. The zero-order valence-corrected chi connectivity index (χ0v) is 10.8. The van der Waals surface area contributed by atoms with Gasteiger partial charge in [-0.1, -0.05) is 12.1 Å². The van der Waals surface area contributed by atoms with Crippen LogP contribution in [0.25, 0.3) is 0 Å². The third-order valence-corrected chi connectivity index (χ3v) is 2.75. The summed E-state index contributed by atoms with van der Waals surface area (Å²) < 4.78 is 31.2. The predicted octanol–water partition coefficient (Wildman–Crippen LogP) is 2.90. The van der Waals surface area contributed by atoms with E-state index >= 15 is 0 Å². The molecule has 0 saturated heterocycles. The number of amides is 1. The summed E-state index contributed by atoms with van der Waals surface area (Å²) in [5.74, 6) is -1.10. The topological polar surface area (TPSA) is 38.3 Å². The number of ether oxygens (including phenoxy) is 1. The van der Waals surface area contributed by atoms with Crippen molar-refractivity contribution < 1.29 is 18.3 Å². The van der Waals surface area contributed by atoms with Crippen LogP contribution in [-0.2, 0) is 6.54 Å². The fraction of sp³-hybridized carbons (Fsp3) is 0.133. The lowest BCUT2D eigenvalue weighted by atomic mass is 10.1. The molecule has 0 heterocycles. The second-order valence-corrected chi connectivity index (χ2v) is 4.16. The van der Waals surface area contributed by atoms with E-state index in [2.05, 4.69) is 5.32 Å². The Bertz CT molecular complexity index is 629. The number of benzene rings is 2. The Kier molecular flexibility index (Phi) is 4.30. The smallest absolute Gasteiger partial charge is 0.255 e. The first-order valence-corrected chi connectivity index (χ1v) is 5.96. The lowest BCUT2D eigenvalue weighted by Gasteiger charge is -2.09. The third kappa shape index (κ3) is 3.32. The van der Waals surface area contributed by atoms with E-state index in [-0.39, 0.29) is 23.7 Å². The highest BCUT2D eigenvalue weighted by Gasteiger charge is 2.13. The van der Waals surface area contributed by atoms with Gasteiger partial charge < -0.3 is 10.1 Å². The van der Waals surface area contributed by atoms with Crippen LogP contribution in [-0.4, -0.2) is 13.0 Å². The summed E-state index contributed by atoms with van der Waals surface area (Å²) >= 11 is 0. The molecule has 0 aliphatic carbocycles. The van der Waals surface area contributed by atoms with Crippen LogP contribution >= 0.6 is 0 Å². The van der Waals surface area contributed by atoms with E-state index in [1.165, 1.54) is 31.4 Å². The second kappa shape index (κ2) is 6.14. The minimum Gasteiger partial charge on any atom is -0.496 e. The molecule has 0 spiro atoms. The average molecular weight is 277 g/mol. The van der Waals surface area contributed by atoms with Gasteiger partial charge in [0, 0.05) is 6.54 Å². The van der Waals surface area contributed by atoms with Crippen molar-refractivity contribution in [2.45, 2.75) is 6.54 Å². The highest BCUT2D eigenvalue weighted by Crippen LogP contribution is 2.19. The molecular weight excluding hydrogens is 264 g/mol. The minimum atomic E-state index is -0.526. The van der Waals surface area contributed by atoms with Gasteiger partial charge in [-0.25, -0.2) is 8.78 Å². The number of hydrogen-bond acceptors (Lipinski definition) is 2. The molecule has 0 radical (unpaired) electrons. The number of hydrogen-bond donors (Lipinski definition) is 1. The van der Waals surface area contributed by atoms with E-state index < -0.39 is 11.7 Å². The lowest BCUT2D eigenvalue weighted by molar-refractivity contribution is 0.0947. The first-order chi connectivity index (χ1) is 9.60. The standard InChI is InChI=1S/C15H13F2NO2/c1-20-14-6-5-12(17)8-13(14)15(19)18-9-10-3-2-4-11(16)7-10/h2-8H,9H2,1H3,(H,18,19). The third-order valence-electron chi connectivity index (χ3n) is 2.75. The minimum absolute atomic E-state index is 0.101. The van der Waals surface area contributed by atoms with Crippen molar-refractivity contribution >= 4 is 5.91 Å². The van der Waals surface area contributed by atoms with Crippen molar-refractivity contribution in [1.82, 2.24) is 5.32 Å². The highest BCUT2D eigenvalue weighted by atomic mass is 19.1. The van der Waals surface area contributed by atoms with Crippen LogP contribution in [0, 0.1) is 11.6 Å². The van der Waals surface area contributed by atoms with Gasteiger partial charge in [-0.2, -0.15) is 0 Å². The van der Waals surface area contributed by atoms with E-state index in [1.54, 1.807) is 12.1 Å². The molecule has 0 aliphatic rings. The molecule has 3 nitrogen and oxygen atoms in total. The summed E-state index contributed by atoms with van der Waals surface area (Å²) in [6.45, 7) is 0.149. The summed E-state index contributed by atoms with van der Waals surface area (Å²) in [7, 11) is 1.40. The van der Waals surface area contributed by atoms with Gasteiger partial charge in [-0.15, -0.1) is 0 Å². The van der Waals surface area contributed by atoms with Gasteiger partial charge in [0.25, 0.3) is 5.91 Å². The largest absolute Gasteiger partial charge is 0.496 e. The van der Waals surface area contributed by atoms with Gasteiger partial charge in [-0.05, 0) is 35.9 Å². The molecule has 2 aromatic carbocycles. The van der Waals surface area contributed by atoms with Crippen molar-refractivity contribution in [3.05, 3.63) is 65.2 Å². The van der Waals surface area contributed by atoms with Gasteiger partial charge in [0.1, 0.15) is 17.4 Å². The second-order valence-electron chi connectivity index (χ2n) is 4.16. The van der Waals surface area contributed by atoms with Crippen LogP contribution in [0.4, 0.5) is 8.78 Å². The van der Waals surface area contributed by atoms with Crippen molar-refractivity contribution in [1.29, 1.82) is 0 Å². The number of carbonyl (C=O) groups is 1. The molecule has 0 aromatic heterocycles. The van der Waals surface area contributed by atoms with Crippen LogP contribution < -0.4 is 10.1 Å². The monoisotopic (exact) mass is 277 g/mol. The van der Waals surface area contributed by atoms with E-state index in [9.17, 15) is 13.6 Å². The SMILES string of the molecule is COc1ccc(F)cc1C(=O)NCc1cccc(F)c1. The first-order valence-electron chi connectivity index (χ1n) is 5.96. The summed E-state index contributed by atoms with van der Waals surface area (Å²) in [5, 5.41) is 2.59. The Morgan fingerprint density at radius 1 is 1.15 bits per heavy atom. The van der Waals surface area contributed by atoms with Gasteiger partial charge in [-0.3, -0.25) is 4.79 Å². The van der Waals surface area contributed by atoms with Crippen LogP contribution in [0.2, 0.25) is 0 Å². The van der Waals surface area contributed by atoms with Crippen molar-refractivity contribution in [3.63, 3.8) is 0 Å². The van der Waals surface area contributed by atoms with Gasteiger partial charge >= 0.3 is 0 Å². The van der Waals surface area contributed by atoms with Crippen LogP contribution in [0.15, 0.2) is 42.5 Å². The van der Waals surface area contributed by atoms with E-state index in [4.69, 9.17) is 4.74 Å². The Morgan fingerprint density at radius 2 is 1.90 bits per heavy atom. The molecule has 0 bridgehead atoms. The molecule has 0 fully saturated rings. The molecule has 5 heteroatoms. The maximum atomic E-state index is 13.2. The molecule has 2 aromatic rings. The summed E-state index contributed by atoms with van der Waals surface area (Å²) in [5.41, 5.74) is 0.720. The molecule has 1 N–H and O–H groups in total. The first kappa shape index (κ1) is 14.0. The van der Waals surface area contributed by atoms with Crippen molar-refractivity contribution in [2.75, 3.05) is 7.11 Å². The van der Waals surface area contributed by atoms with E-state index in [1.807, 2.05) is 0 Å². The Balaban J connectivity index is 2.10. The van der Waals surface area contributed by atoms with Crippen molar-refractivity contribution in [2.24, 2.45) is 0 Å². The van der Waals surface area contributed by atoms with Crippen molar-refractivity contribution in [3.8, 4) is 5.75 Å². The zero-order valence-electron chi connectivity index (χ0n) is 10.8. The Labute approximate surface area is 115 Å². The number of methoxy groups -OCH3 is 1. The van der Waals surface area contributed by atoms with E-state index in [0.717, 1.165) is 6.07 Å². The van der Waals surface area contributed by atoms with Gasteiger partial charge in [0.05, 0.1) is 12.7 Å². The molecule has 0 atom stereocenters. The fourth-order valence-corrected chi connectivity index (χ4v) is 1.78. The van der Waals surface area contributed by atoms with Gasteiger partial charge in [0.15, 0.2) is 0 Å². The number of carbonyl (C=O) groups excluding carboxylic acids is 1. The molecular formula is C15H13F2NO2. The van der Waals surface area contributed by atoms with Crippen LogP contribution in [0.3, 0.4) is 0 Å². The normalized spacial score (nSPS) is 10.2. The highest BCUT2D eigenvalue weighted by molar-refractivity contribution is 5.96. The number of nitrogens with one attached hydrogen (secondary N) is 1. The van der Waals surface area contributed by atoms with Crippen LogP contribution in [0.5, 0.6) is 5.75 Å². The Morgan fingerprint density at radius 3 is 2.60 bits per heavy atom. The van der Waals surface area contributed by atoms with E-state index in [0.29, 0.717) is 5.56 Å². The summed E-state index contributed by atoms with van der Waals surface area (Å²) in [6, 6.07) is 9.57. The zero-order chi connectivity index (χ0) is 14.5. The van der Waals surface area contributed by atoms with Gasteiger partial charge in [0.2, 0.25) is 0 Å². The number of rotatable bonds is 4. The Hall–Kier alpha value is -2.43.